The molecule has 1 saturated heterocycles. The predicted molar refractivity (Wildman–Crippen MR) is 149 cm³/mol. The van der Waals surface area contributed by atoms with E-state index in [0.29, 0.717) is 6.42 Å². The van der Waals surface area contributed by atoms with E-state index in [4.69, 9.17) is 5.14 Å². The second-order valence-corrected chi connectivity index (χ2v) is 11.7. The Kier molecular flexibility index (Phi) is 8.25. The van der Waals surface area contributed by atoms with Crippen LogP contribution in [0.1, 0.15) is 23.7 Å². The number of alkyl halides is 3. The minimum absolute atomic E-state index is 0.0484. The number of primary sulfonamides is 1. The number of sulfonamides is 1. The van der Waals surface area contributed by atoms with Crippen molar-refractivity contribution >= 4 is 15.8 Å². The van der Waals surface area contributed by atoms with Crippen LogP contribution < -0.4 is 10.0 Å². The summed E-state index contributed by atoms with van der Waals surface area (Å²) in [6, 6.07) is 15.7. The Morgan fingerprint density at radius 2 is 1.58 bits per heavy atom. The number of halogens is 5. The molecule has 2 N–H and O–H groups in total. The van der Waals surface area contributed by atoms with Crippen LogP contribution in [0.15, 0.2) is 82.9 Å². The summed E-state index contributed by atoms with van der Waals surface area (Å²) < 4.78 is 94.3. The summed E-state index contributed by atoms with van der Waals surface area (Å²) >= 11 is 0. The number of nitrogens with zero attached hydrogens (tertiary/aromatic N) is 4. The van der Waals surface area contributed by atoms with Gasteiger partial charge in [0.1, 0.15) is 17.5 Å². The van der Waals surface area contributed by atoms with Gasteiger partial charge in [0, 0.05) is 24.6 Å². The first-order chi connectivity index (χ1) is 20.3. The standard InChI is InChI=1S/C29H24F5N5O3S/c30-21-8-4-17(5-9-21)24-12-13-39(16-20(24)15-36-40)27-25(19-2-1-3-23(14-19)43(35,41)42)26(18-6-10-22(31)11-7-18)37-28(38-27)29(32,33)34/h1-11,14,20,24H,12-13,15-16H2,(H2,35,41,42). The molecule has 2 heterocycles. The van der Waals surface area contributed by atoms with Crippen molar-refractivity contribution < 1.29 is 30.4 Å². The van der Waals surface area contributed by atoms with E-state index in [9.17, 15) is 35.3 Å². The van der Waals surface area contributed by atoms with Gasteiger partial charge in [0.25, 0.3) is 0 Å². The van der Waals surface area contributed by atoms with Crippen LogP contribution in [0.5, 0.6) is 0 Å². The van der Waals surface area contributed by atoms with E-state index in [1.54, 1.807) is 17.0 Å². The Balaban J connectivity index is 1.72. The van der Waals surface area contributed by atoms with E-state index in [1.807, 2.05) is 0 Å². The molecular formula is C29H24F5N5O3S. The van der Waals surface area contributed by atoms with Gasteiger partial charge in [0.2, 0.25) is 15.8 Å². The first-order valence-corrected chi connectivity index (χ1v) is 14.6. The van der Waals surface area contributed by atoms with Gasteiger partial charge in [-0.3, -0.25) is 0 Å². The number of nitroso groups, excluding NO2 is 1. The summed E-state index contributed by atoms with van der Waals surface area (Å²) in [5, 5.41) is 8.39. The van der Waals surface area contributed by atoms with Crippen molar-refractivity contribution in [2.24, 2.45) is 16.2 Å². The summed E-state index contributed by atoms with van der Waals surface area (Å²) in [5.74, 6) is -3.41. The first-order valence-electron chi connectivity index (χ1n) is 13.0. The Morgan fingerprint density at radius 1 is 0.930 bits per heavy atom. The molecule has 14 heteroatoms. The van der Waals surface area contributed by atoms with Crippen molar-refractivity contribution in [2.45, 2.75) is 23.4 Å². The lowest BCUT2D eigenvalue weighted by atomic mass is 9.80. The average molecular weight is 618 g/mol. The largest absolute Gasteiger partial charge is 0.451 e. The number of aromatic nitrogens is 2. The number of nitrogens with two attached hydrogens (primary N) is 1. The maximum Gasteiger partial charge on any atom is 0.451 e. The predicted octanol–water partition coefficient (Wildman–Crippen LogP) is 6.13. The van der Waals surface area contributed by atoms with Gasteiger partial charge < -0.3 is 4.90 Å². The molecule has 1 aromatic heterocycles. The molecule has 0 radical (unpaired) electrons. The molecular weight excluding hydrogens is 593 g/mol. The van der Waals surface area contributed by atoms with E-state index in [2.05, 4.69) is 15.1 Å². The van der Waals surface area contributed by atoms with Crippen molar-refractivity contribution in [1.29, 1.82) is 0 Å². The van der Waals surface area contributed by atoms with Gasteiger partial charge in [0.15, 0.2) is 0 Å². The van der Waals surface area contributed by atoms with Crippen LogP contribution in [0.3, 0.4) is 0 Å². The Labute approximate surface area is 243 Å². The fourth-order valence-electron chi connectivity index (χ4n) is 5.37. The summed E-state index contributed by atoms with van der Waals surface area (Å²) in [6.45, 7) is 0.0556. The monoisotopic (exact) mass is 617 g/mol. The van der Waals surface area contributed by atoms with Crippen LogP contribution in [0, 0.1) is 22.5 Å². The molecule has 2 unspecified atom stereocenters. The van der Waals surface area contributed by atoms with E-state index in [0.717, 1.165) is 17.7 Å². The fourth-order valence-corrected chi connectivity index (χ4v) is 5.93. The Morgan fingerprint density at radius 3 is 2.19 bits per heavy atom. The maximum absolute atomic E-state index is 14.2. The van der Waals surface area contributed by atoms with Crippen LogP contribution in [-0.2, 0) is 16.2 Å². The molecule has 0 aliphatic carbocycles. The molecule has 0 spiro atoms. The normalized spacial score (nSPS) is 17.6. The summed E-state index contributed by atoms with van der Waals surface area (Å²) in [4.78, 5) is 20.4. The van der Waals surface area contributed by atoms with E-state index in [-0.39, 0.29) is 58.6 Å². The number of benzene rings is 3. The molecule has 0 bridgehead atoms. The van der Waals surface area contributed by atoms with Gasteiger partial charge in [-0.1, -0.05) is 29.4 Å². The number of hydrogen-bond acceptors (Lipinski definition) is 7. The molecule has 1 fully saturated rings. The summed E-state index contributed by atoms with van der Waals surface area (Å²) in [6.07, 6.45) is -4.61. The lowest BCUT2D eigenvalue weighted by molar-refractivity contribution is -0.144. The third-order valence-corrected chi connectivity index (χ3v) is 8.26. The number of hydrogen-bond donors (Lipinski definition) is 1. The van der Waals surface area contributed by atoms with Crippen molar-refractivity contribution in [3.63, 3.8) is 0 Å². The van der Waals surface area contributed by atoms with Crippen LogP contribution >= 0.6 is 0 Å². The van der Waals surface area contributed by atoms with E-state index < -0.39 is 39.6 Å². The third-order valence-electron chi connectivity index (χ3n) is 7.35. The minimum Gasteiger partial charge on any atom is -0.356 e. The van der Waals surface area contributed by atoms with Crippen LogP contribution in [0.2, 0.25) is 0 Å². The fraction of sp³-hybridized carbons (Fsp3) is 0.241. The van der Waals surface area contributed by atoms with Crippen LogP contribution in [0.4, 0.5) is 27.8 Å². The number of piperidine rings is 1. The first kappa shape index (κ1) is 30.2. The Hall–Kier alpha value is -4.30. The second-order valence-electron chi connectivity index (χ2n) is 10.1. The molecule has 224 valence electrons. The molecule has 0 saturated carbocycles. The van der Waals surface area contributed by atoms with Gasteiger partial charge in [-0.25, -0.2) is 32.3 Å². The smallest absolute Gasteiger partial charge is 0.356 e. The summed E-state index contributed by atoms with van der Waals surface area (Å²) in [5.41, 5.74) is 0.873. The van der Waals surface area contributed by atoms with Crippen molar-refractivity contribution in [3.05, 3.63) is 101 Å². The van der Waals surface area contributed by atoms with Crippen molar-refractivity contribution in [2.75, 3.05) is 24.5 Å². The quantitative estimate of drug-likeness (QED) is 0.197. The topological polar surface area (TPSA) is 119 Å². The maximum atomic E-state index is 14.2. The molecule has 2 atom stereocenters. The van der Waals surface area contributed by atoms with E-state index in [1.165, 1.54) is 48.5 Å². The van der Waals surface area contributed by atoms with Crippen molar-refractivity contribution in [3.8, 4) is 22.4 Å². The minimum atomic E-state index is -4.97. The van der Waals surface area contributed by atoms with Gasteiger partial charge in [-0.05, 0) is 72.0 Å². The zero-order chi connectivity index (χ0) is 30.9. The lowest BCUT2D eigenvalue weighted by Crippen LogP contribution is -2.42. The van der Waals surface area contributed by atoms with Gasteiger partial charge in [-0.2, -0.15) is 18.1 Å². The molecule has 1 aliphatic heterocycles. The molecule has 0 amide bonds. The molecule has 4 aromatic rings. The number of rotatable bonds is 7. The van der Waals surface area contributed by atoms with Gasteiger partial charge >= 0.3 is 6.18 Å². The van der Waals surface area contributed by atoms with Crippen LogP contribution in [0.25, 0.3) is 22.4 Å². The van der Waals surface area contributed by atoms with E-state index >= 15 is 0 Å². The highest BCUT2D eigenvalue weighted by molar-refractivity contribution is 7.89. The molecule has 3 aromatic carbocycles. The Bertz CT molecular complexity index is 1750. The third kappa shape index (κ3) is 6.54. The highest BCUT2D eigenvalue weighted by atomic mass is 32.2. The van der Waals surface area contributed by atoms with Gasteiger partial charge in [0.05, 0.1) is 22.7 Å². The lowest BCUT2D eigenvalue weighted by Gasteiger charge is -2.39. The van der Waals surface area contributed by atoms with Gasteiger partial charge in [-0.15, -0.1) is 0 Å². The number of anilines is 1. The molecule has 43 heavy (non-hydrogen) atoms. The molecule has 8 nitrogen and oxygen atoms in total. The SMILES string of the molecule is NS(=O)(=O)c1cccc(-c2c(-c3ccc(F)cc3)nc(C(F)(F)F)nc2N2CCC(c3ccc(F)cc3)C(CN=O)C2)c1. The second kappa shape index (κ2) is 11.8. The van der Waals surface area contributed by atoms with Crippen LogP contribution in [-0.4, -0.2) is 38.0 Å². The highest BCUT2D eigenvalue weighted by Gasteiger charge is 2.39. The van der Waals surface area contributed by atoms with Crippen molar-refractivity contribution in [1.82, 2.24) is 9.97 Å². The molecule has 5 rings (SSSR count). The zero-order valence-corrected chi connectivity index (χ0v) is 23.1. The highest BCUT2D eigenvalue weighted by Crippen LogP contribution is 2.43. The average Bonchev–Trinajstić information content (AvgIpc) is 2.97. The zero-order valence-electron chi connectivity index (χ0n) is 22.3. The summed E-state index contributed by atoms with van der Waals surface area (Å²) in [7, 11) is -4.20. The molecule has 1 aliphatic rings.